The molecule has 2 fully saturated rings. The Morgan fingerprint density at radius 2 is 1.93 bits per heavy atom. The lowest BCUT2D eigenvalue weighted by molar-refractivity contribution is -0.136. The fourth-order valence-electron chi connectivity index (χ4n) is 3.54. The number of piperidine rings is 1. The van der Waals surface area contributed by atoms with Gasteiger partial charge in [0.25, 0.3) is 11.1 Å². The number of carbonyl (C=O) groups is 3. The smallest absolute Gasteiger partial charge is 0.294 e. The molecule has 156 valence electrons. The maximum atomic E-state index is 12.7. The predicted molar refractivity (Wildman–Crippen MR) is 120 cm³/mol. The van der Waals surface area contributed by atoms with Gasteiger partial charge in [-0.2, -0.15) is 0 Å². The number of halogens is 1. The second-order valence-corrected chi connectivity index (χ2v) is 9.24. The first-order valence-corrected chi connectivity index (χ1v) is 11.4. The summed E-state index contributed by atoms with van der Waals surface area (Å²) in [5.74, 6) is 0.505. The van der Waals surface area contributed by atoms with E-state index < -0.39 is 11.1 Å². The standard InChI is InChI=1S/C22H21BrN2O4S/c1-14-5-7-16(17(23)11-14)18-8-6-15(29-18)12-19-21(27)25(22(28)30-19)13-20(26)24-9-3-2-4-10-24/h5-8,11-12H,2-4,9-10,13H2,1H3/b19-12+. The highest BCUT2D eigenvalue weighted by Gasteiger charge is 2.37. The van der Waals surface area contributed by atoms with Crippen LogP contribution >= 0.6 is 27.7 Å². The van der Waals surface area contributed by atoms with Crippen molar-refractivity contribution in [2.24, 2.45) is 0 Å². The maximum Gasteiger partial charge on any atom is 0.294 e. The van der Waals surface area contributed by atoms with Crippen molar-refractivity contribution in [3.8, 4) is 11.3 Å². The number of hydrogen-bond donors (Lipinski definition) is 0. The molecule has 0 aliphatic carbocycles. The third kappa shape index (κ3) is 4.39. The van der Waals surface area contributed by atoms with E-state index in [2.05, 4.69) is 15.9 Å². The van der Waals surface area contributed by atoms with Crippen LogP contribution < -0.4 is 0 Å². The average Bonchev–Trinajstić information content (AvgIpc) is 3.29. The molecule has 6 nitrogen and oxygen atoms in total. The van der Waals surface area contributed by atoms with Gasteiger partial charge in [0.15, 0.2) is 0 Å². The van der Waals surface area contributed by atoms with Crippen LogP contribution in [0.2, 0.25) is 0 Å². The fourth-order valence-corrected chi connectivity index (χ4v) is 5.05. The summed E-state index contributed by atoms with van der Waals surface area (Å²) >= 11 is 4.38. The zero-order valence-corrected chi connectivity index (χ0v) is 18.9. The van der Waals surface area contributed by atoms with Crippen LogP contribution in [-0.4, -0.2) is 46.5 Å². The molecule has 3 amide bonds. The summed E-state index contributed by atoms with van der Waals surface area (Å²) in [6.07, 6.45) is 4.59. The molecule has 2 aromatic rings. The zero-order chi connectivity index (χ0) is 21.3. The molecule has 3 heterocycles. The minimum absolute atomic E-state index is 0.178. The van der Waals surface area contributed by atoms with E-state index in [1.165, 1.54) is 0 Å². The number of imide groups is 1. The normalized spacial score (nSPS) is 18.5. The van der Waals surface area contributed by atoms with Crippen LogP contribution in [0.3, 0.4) is 0 Å². The van der Waals surface area contributed by atoms with Gasteiger partial charge >= 0.3 is 0 Å². The largest absolute Gasteiger partial charge is 0.457 e. The Morgan fingerprint density at radius 3 is 2.67 bits per heavy atom. The number of likely N-dealkylation sites (tertiary alicyclic amines) is 1. The molecule has 0 unspecified atom stereocenters. The minimum atomic E-state index is -0.454. The highest BCUT2D eigenvalue weighted by Crippen LogP contribution is 2.35. The summed E-state index contributed by atoms with van der Waals surface area (Å²) < 4.78 is 6.79. The van der Waals surface area contributed by atoms with Crippen LogP contribution in [0.1, 0.15) is 30.6 Å². The van der Waals surface area contributed by atoms with Gasteiger partial charge in [-0.3, -0.25) is 19.3 Å². The van der Waals surface area contributed by atoms with E-state index in [9.17, 15) is 14.4 Å². The first kappa shape index (κ1) is 20.9. The van der Waals surface area contributed by atoms with Crippen LogP contribution in [0.4, 0.5) is 4.79 Å². The van der Waals surface area contributed by atoms with Gasteiger partial charge in [-0.05, 0) is 67.8 Å². The number of aryl methyl sites for hydroxylation is 1. The number of nitrogens with zero attached hydrogens (tertiary/aromatic N) is 2. The first-order chi connectivity index (χ1) is 14.4. The summed E-state index contributed by atoms with van der Waals surface area (Å²) in [7, 11) is 0. The molecule has 4 rings (SSSR count). The van der Waals surface area contributed by atoms with Gasteiger partial charge in [0.05, 0.1) is 4.91 Å². The van der Waals surface area contributed by atoms with Crippen LogP contribution in [0.15, 0.2) is 44.1 Å². The molecule has 0 atom stereocenters. The SMILES string of the molecule is Cc1ccc(-c2ccc(/C=C3/SC(=O)N(CC(=O)N4CCCCC4)C3=O)o2)c(Br)c1. The van der Waals surface area contributed by atoms with E-state index in [0.717, 1.165) is 51.5 Å². The lowest BCUT2D eigenvalue weighted by atomic mass is 10.1. The van der Waals surface area contributed by atoms with Crippen LogP contribution in [-0.2, 0) is 9.59 Å². The molecule has 1 aromatic heterocycles. The Labute approximate surface area is 187 Å². The van der Waals surface area contributed by atoms with Crippen molar-refractivity contribution in [1.82, 2.24) is 9.80 Å². The zero-order valence-electron chi connectivity index (χ0n) is 16.5. The number of carbonyl (C=O) groups excluding carboxylic acids is 3. The van der Waals surface area contributed by atoms with Crippen molar-refractivity contribution in [3.63, 3.8) is 0 Å². The highest BCUT2D eigenvalue weighted by molar-refractivity contribution is 9.10. The number of furan rings is 1. The quantitative estimate of drug-likeness (QED) is 0.562. The second kappa shape index (κ2) is 8.81. The molecule has 0 spiro atoms. The Kier molecular flexibility index (Phi) is 6.15. The summed E-state index contributed by atoms with van der Waals surface area (Å²) in [4.78, 5) is 40.5. The lowest BCUT2D eigenvalue weighted by Gasteiger charge is -2.27. The first-order valence-electron chi connectivity index (χ1n) is 9.82. The number of hydrogen-bond acceptors (Lipinski definition) is 5. The maximum absolute atomic E-state index is 12.7. The van der Waals surface area contributed by atoms with E-state index in [4.69, 9.17) is 4.42 Å². The summed E-state index contributed by atoms with van der Waals surface area (Å²) in [5.41, 5.74) is 2.03. The van der Waals surface area contributed by atoms with Crippen molar-refractivity contribution in [2.75, 3.05) is 19.6 Å². The Balaban J connectivity index is 1.48. The highest BCUT2D eigenvalue weighted by atomic mass is 79.9. The fraction of sp³-hybridized carbons (Fsp3) is 0.318. The molecule has 1 aromatic carbocycles. The van der Waals surface area contributed by atoms with Crippen molar-refractivity contribution >= 4 is 50.8 Å². The molecular weight excluding hydrogens is 468 g/mol. The van der Waals surface area contributed by atoms with Gasteiger partial charge in [-0.15, -0.1) is 0 Å². The molecule has 2 aliphatic rings. The van der Waals surface area contributed by atoms with Gasteiger partial charge in [0, 0.05) is 29.2 Å². The molecular formula is C22H21BrN2O4S. The van der Waals surface area contributed by atoms with Crippen molar-refractivity contribution in [3.05, 3.63) is 51.0 Å². The predicted octanol–water partition coefficient (Wildman–Crippen LogP) is 5.07. The molecule has 2 saturated heterocycles. The molecule has 0 bridgehead atoms. The van der Waals surface area contributed by atoms with Crippen molar-refractivity contribution < 1.29 is 18.8 Å². The van der Waals surface area contributed by atoms with Crippen LogP contribution in [0.5, 0.6) is 0 Å². The van der Waals surface area contributed by atoms with E-state index in [1.54, 1.807) is 17.0 Å². The van der Waals surface area contributed by atoms with E-state index in [0.29, 0.717) is 24.6 Å². The molecule has 0 radical (unpaired) electrons. The topological polar surface area (TPSA) is 70.8 Å². The number of rotatable bonds is 4. The van der Waals surface area contributed by atoms with Crippen LogP contribution in [0, 0.1) is 6.92 Å². The molecule has 30 heavy (non-hydrogen) atoms. The van der Waals surface area contributed by atoms with E-state index >= 15 is 0 Å². The van der Waals surface area contributed by atoms with Crippen LogP contribution in [0.25, 0.3) is 17.4 Å². The molecule has 0 N–H and O–H groups in total. The van der Waals surface area contributed by atoms with Gasteiger partial charge < -0.3 is 9.32 Å². The Hall–Kier alpha value is -2.32. The number of amides is 3. The summed E-state index contributed by atoms with van der Waals surface area (Å²) in [6, 6.07) is 9.54. The Bertz CT molecular complexity index is 1040. The summed E-state index contributed by atoms with van der Waals surface area (Å²) in [6.45, 7) is 3.18. The minimum Gasteiger partial charge on any atom is -0.457 e. The Morgan fingerprint density at radius 1 is 1.17 bits per heavy atom. The van der Waals surface area contributed by atoms with Crippen molar-refractivity contribution in [2.45, 2.75) is 26.2 Å². The van der Waals surface area contributed by atoms with Gasteiger partial charge in [-0.25, -0.2) is 0 Å². The molecule has 0 saturated carbocycles. The third-order valence-corrected chi connectivity index (χ3v) is 6.73. The molecule has 2 aliphatic heterocycles. The second-order valence-electron chi connectivity index (χ2n) is 7.39. The van der Waals surface area contributed by atoms with Crippen molar-refractivity contribution in [1.29, 1.82) is 0 Å². The van der Waals surface area contributed by atoms with Gasteiger partial charge in [0.2, 0.25) is 5.91 Å². The number of benzene rings is 1. The third-order valence-electron chi connectivity index (χ3n) is 5.17. The monoisotopic (exact) mass is 488 g/mol. The number of thioether (sulfide) groups is 1. The summed E-state index contributed by atoms with van der Waals surface area (Å²) in [5, 5.41) is -0.426. The van der Waals surface area contributed by atoms with Gasteiger partial charge in [0.1, 0.15) is 18.1 Å². The van der Waals surface area contributed by atoms with E-state index in [-0.39, 0.29) is 17.4 Å². The molecule has 8 heteroatoms. The van der Waals surface area contributed by atoms with Gasteiger partial charge in [-0.1, -0.05) is 22.0 Å². The average molecular weight is 489 g/mol. The van der Waals surface area contributed by atoms with E-state index in [1.807, 2.05) is 31.2 Å². The lowest BCUT2D eigenvalue weighted by Crippen LogP contribution is -2.44.